The van der Waals surface area contributed by atoms with E-state index in [0.717, 1.165) is 44.5 Å². The maximum atomic E-state index is 5.24. The molecule has 2 spiro atoms. The van der Waals surface area contributed by atoms with E-state index in [2.05, 4.69) is 363 Å². The molecule has 0 bridgehead atoms. The van der Waals surface area contributed by atoms with Gasteiger partial charge in [-0.2, -0.15) is 0 Å². The van der Waals surface area contributed by atoms with Crippen LogP contribution in [0.2, 0.25) is 0 Å². The first-order chi connectivity index (χ1) is 57.3. The van der Waals surface area contributed by atoms with Crippen LogP contribution in [-0.2, 0) is 16.2 Å². The third-order valence-corrected chi connectivity index (χ3v) is 25.8. The van der Waals surface area contributed by atoms with Crippen molar-refractivity contribution in [3.05, 3.63) is 444 Å². The molecule has 0 saturated carbocycles. The average molecular weight is 1500 g/mol. The van der Waals surface area contributed by atoms with Gasteiger partial charge in [0.25, 0.3) is 0 Å². The highest BCUT2D eigenvalue weighted by molar-refractivity contribution is 7.99. The van der Waals surface area contributed by atoms with Crippen molar-refractivity contribution in [3.63, 3.8) is 0 Å². The molecule has 2 unspecified atom stereocenters. The van der Waals surface area contributed by atoms with Crippen LogP contribution in [0.25, 0.3) is 146 Å². The molecule has 1 aliphatic carbocycles. The number of fused-ring (bicyclic) bond motifs is 22. The molecule has 3 aliphatic heterocycles. The van der Waals surface area contributed by atoms with Crippen LogP contribution in [0.5, 0.6) is 0 Å². The van der Waals surface area contributed by atoms with Crippen LogP contribution in [0, 0.1) is 0 Å². The summed E-state index contributed by atoms with van der Waals surface area (Å²) >= 11 is 1.83. The van der Waals surface area contributed by atoms with Crippen molar-refractivity contribution in [3.8, 4) is 102 Å². The molecule has 0 amide bonds. The van der Waals surface area contributed by atoms with Gasteiger partial charge >= 0.3 is 0 Å². The lowest BCUT2D eigenvalue weighted by molar-refractivity contribution is 0.556. The fourth-order valence-electron chi connectivity index (χ4n) is 19.5. The molecule has 116 heavy (non-hydrogen) atoms. The summed E-state index contributed by atoms with van der Waals surface area (Å²) in [5.74, 6) is 3.89. The number of aromatic nitrogens is 8. The Morgan fingerprint density at radius 2 is 0.509 bits per heavy atom. The lowest BCUT2D eigenvalue weighted by Crippen LogP contribution is -2.44. The van der Waals surface area contributed by atoms with Crippen molar-refractivity contribution in [2.45, 2.75) is 39.9 Å². The molecule has 2 atom stereocenters. The van der Waals surface area contributed by atoms with Gasteiger partial charge in [0.2, 0.25) is 0 Å². The first-order valence-corrected chi connectivity index (χ1v) is 40.5. The molecule has 24 rings (SSSR count). The molecule has 0 N–H and O–H groups in total. The molecule has 16 aromatic carbocycles. The Morgan fingerprint density at radius 1 is 0.207 bits per heavy atom. The predicted molar refractivity (Wildman–Crippen MR) is 472 cm³/mol. The Hall–Kier alpha value is -14.5. The van der Waals surface area contributed by atoms with Gasteiger partial charge in [0, 0.05) is 70.1 Å². The lowest BCUT2D eigenvalue weighted by atomic mass is 9.53. The third kappa shape index (κ3) is 10.1. The molecule has 544 valence electrons. The molecule has 8 nitrogen and oxygen atoms in total. The SMILES string of the molecule is CC1(C)c2ccccc2C2(c3ccccc3-n3c4ccccc4c4cccc2c43)c2ccc(-c3nc(-c4ccccc4)nc(-c4ccc(-c5ccccc5)cc4)n3)cc21.c1ccc(-c2ccc(-c3nc(-c4ccccc4)nc(-c4ccc5c(c4)Sc4ccccc4C54c5ccccc5-n5c6ccccc6c6cccc4c65)n3)cc2)cc1. The first kappa shape index (κ1) is 67.2. The smallest absolute Gasteiger partial charge is 0.164 e. The Balaban J connectivity index is 0.000000137. The normalized spacial score (nSPS) is 15.4. The van der Waals surface area contributed by atoms with Gasteiger partial charge < -0.3 is 9.13 Å². The molecular formula is C107H70N8S. The lowest BCUT2D eigenvalue weighted by Gasteiger charge is -2.50. The van der Waals surface area contributed by atoms with Crippen LogP contribution in [0.3, 0.4) is 0 Å². The molecule has 4 aliphatic rings. The van der Waals surface area contributed by atoms with Gasteiger partial charge in [0.15, 0.2) is 34.9 Å². The topological polar surface area (TPSA) is 87.2 Å². The highest BCUT2D eigenvalue weighted by Crippen LogP contribution is 2.63. The Labute approximate surface area is 675 Å². The minimum absolute atomic E-state index is 0.328. The van der Waals surface area contributed by atoms with Crippen molar-refractivity contribution in [1.82, 2.24) is 39.0 Å². The summed E-state index contributed by atoms with van der Waals surface area (Å²) in [7, 11) is 0. The highest BCUT2D eigenvalue weighted by Gasteiger charge is 2.54. The zero-order valence-corrected chi connectivity index (χ0v) is 64.3. The molecule has 4 aromatic heterocycles. The van der Waals surface area contributed by atoms with Crippen LogP contribution < -0.4 is 0 Å². The van der Waals surface area contributed by atoms with E-state index in [0.29, 0.717) is 34.9 Å². The number of nitrogens with zero attached hydrogens (tertiary/aromatic N) is 8. The minimum Gasteiger partial charge on any atom is -0.309 e. The van der Waals surface area contributed by atoms with E-state index < -0.39 is 10.8 Å². The van der Waals surface area contributed by atoms with Crippen LogP contribution in [-0.4, -0.2) is 39.0 Å². The monoisotopic (exact) mass is 1500 g/mol. The molecule has 0 fully saturated rings. The van der Waals surface area contributed by atoms with E-state index in [-0.39, 0.29) is 5.41 Å². The third-order valence-electron chi connectivity index (χ3n) is 24.6. The number of hydrogen-bond acceptors (Lipinski definition) is 7. The summed E-state index contributed by atoms with van der Waals surface area (Å²) in [6, 6.07) is 140. The summed E-state index contributed by atoms with van der Waals surface area (Å²) in [5.41, 5.74) is 29.3. The number of hydrogen-bond donors (Lipinski definition) is 0. The Bertz CT molecular complexity index is 7380. The number of para-hydroxylation sites is 6. The van der Waals surface area contributed by atoms with Gasteiger partial charge in [-0.1, -0.05) is 371 Å². The van der Waals surface area contributed by atoms with Gasteiger partial charge in [-0.25, -0.2) is 29.9 Å². The van der Waals surface area contributed by atoms with Crippen LogP contribution in [0.4, 0.5) is 0 Å². The minimum atomic E-state index is -0.569. The molecule has 7 heterocycles. The summed E-state index contributed by atoms with van der Waals surface area (Å²) in [5, 5.41) is 5.08. The van der Waals surface area contributed by atoms with E-state index in [1.807, 2.05) is 60.3 Å². The predicted octanol–water partition coefficient (Wildman–Crippen LogP) is 25.8. The molecular weight excluding hydrogens is 1430 g/mol. The standard InChI is InChI=1S/C55H38N4.C52H32N4S/c1-54(2)42-22-10-11-23-43(42)55(45-24-12-14-27-49(45)59-48-26-13-9-20-40(48)41-21-15-25-46(55)50(41)59)44-33-32-39(34-47(44)54)53-57-51(37-18-7-4-8-19-37)56-52(58-53)38-30-28-36(29-31-38)35-16-5-3-6-17-35;1-3-14-33(15-4-1)34-26-28-36(29-27-34)50-53-49(35-16-5-2-6-17-35)54-51(55-50)37-30-31-42-47(32-37)57-46-25-12-9-21-41(46)52(42)40-20-8-11-24-45(40)56-44-23-10-7-18-38(44)39-19-13-22-43(52)48(39)56/h3-34H,1-2H3;1-32H. The Morgan fingerprint density at radius 3 is 0.991 bits per heavy atom. The zero-order valence-electron chi connectivity index (χ0n) is 63.4. The zero-order chi connectivity index (χ0) is 76.8. The van der Waals surface area contributed by atoms with E-state index in [1.165, 1.54) is 132 Å². The molecule has 0 radical (unpaired) electrons. The van der Waals surface area contributed by atoms with Crippen molar-refractivity contribution >= 4 is 55.4 Å². The van der Waals surface area contributed by atoms with Gasteiger partial charge in [-0.3, -0.25) is 0 Å². The maximum Gasteiger partial charge on any atom is 0.164 e. The number of rotatable bonds is 8. The van der Waals surface area contributed by atoms with Crippen LogP contribution in [0.1, 0.15) is 69.5 Å². The van der Waals surface area contributed by atoms with E-state index in [4.69, 9.17) is 29.9 Å². The molecule has 0 saturated heterocycles. The van der Waals surface area contributed by atoms with Gasteiger partial charge in [0.1, 0.15) is 0 Å². The average Bonchev–Trinajstić information content (AvgIpc) is 1.30. The molecule has 9 heteroatoms. The number of benzene rings is 16. The van der Waals surface area contributed by atoms with Crippen LogP contribution in [0.15, 0.2) is 398 Å². The summed E-state index contributed by atoms with van der Waals surface area (Å²) in [6.45, 7) is 4.74. The van der Waals surface area contributed by atoms with E-state index in [1.54, 1.807) is 0 Å². The van der Waals surface area contributed by atoms with Gasteiger partial charge in [-0.05, 0) is 120 Å². The van der Waals surface area contributed by atoms with Gasteiger partial charge in [0.05, 0.1) is 44.3 Å². The van der Waals surface area contributed by atoms with Crippen molar-refractivity contribution < 1.29 is 0 Å². The van der Waals surface area contributed by atoms with Crippen molar-refractivity contribution in [2.75, 3.05) is 0 Å². The van der Waals surface area contributed by atoms with Crippen LogP contribution >= 0.6 is 11.8 Å². The first-order valence-electron chi connectivity index (χ1n) is 39.6. The second kappa shape index (κ2) is 26.3. The largest absolute Gasteiger partial charge is 0.309 e. The summed E-state index contributed by atoms with van der Waals surface area (Å²) < 4.78 is 4.99. The van der Waals surface area contributed by atoms with Crippen molar-refractivity contribution in [1.29, 1.82) is 0 Å². The van der Waals surface area contributed by atoms with Gasteiger partial charge in [-0.15, -0.1) is 0 Å². The highest BCUT2D eigenvalue weighted by atomic mass is 32.2. The van der Waals surface area contributed by atoms with E-state index >= 15 is 0 Å². The second-order valence-electron chi connectivity index (χ2n) is 31.1. The molecule has 20 aromatic rings. The summed E-state index contributed by atoms with van der Waals surface area (Å²) in [4.78, 5) is 33.3. The fourth-order valence-corrected chi connectivity index (χ4v) is 20.7. The van der Waals surface area contributed by atoms with Crippen molar-refractivity contribution in [2.24, 2.45) is 0 Å². The Kier molecular flexibility index (Phi) is 15.2. The summed E-state index contributed by atoms with van der Waals surface area (Å²) in [6.07, 6.45) is 0. The quantitative estimate of drug-likeness (QED) is 0.150. The second-order valence-corrected chi connectivity index (χ2v) is 32.2. The van der Waals surface area contributed by atoms with E-state index in [9.17, 15) is 0 Å². The fraction of sp³-hybridized carbons (Fsp3) is 0.0467. The maximum absolute atomic E-state index is 5.24.